The van der Waals surface area contributed by atoms with Crippen molar-refractivity contribution in [2.45, 2.75) is 5.75 Å². The fourth-order valence-electron chi connectivity index (χ4n) is 1.90. The summed E-state index contributed by atoms with van der Waals surface area (Å²) in [7, 11) is 0. The van der Waals surface area contributed by atoms with Gasteiger partial charge in [0, 0.05) is 34.6 Å². The third-order valence-electron chi connectivity index (χ3n) is 3.07. The first-order chi connectivity index (χ1) is 12.1. The molecule has 132 valence electrons. The number of ether oxygens (including phenoxy) is 1. The van der Waals surface area contributed by atoms with Crippen molar-refractivity contribution in [3.05, 3.63) is 56.3 Å². The van der Waals surface area contributed by atoms with Gasteiger partial charge in [-0.3, -0.25) is 19.7 Å². The summed E-state index contributed by atoms with van der Waals surface area (Å²) >= 11 is 3.40. The third kappa shape index (κ3) is 6.20. The molecule has 25 heavy (non-hydrogen) atoms. The Hall–Kier alpha value is -2.39. The van der Waals surface area contributed by atoms with Gasteiger partial charge in [0.2, 0.25) is 0 Å². The van der Waals surface area contributed by atoms with Crippen LogP contribution >= 0.6 is 23.1 Å². The molecule has 0 aliphatic heterocycles. The normalized spacial score (nSPS) is 10.2. The van der Waals surface area contributed by atoms with Crippen LogP contribution in [0.2, 0.25) is 0 Å². The lowest BCUT2D eigenvalue weighted by Gasteiger charge is -2.08. The van der Waals surface area contributed by atoms with E-state index in [0.29, 0.717) is 12.8 Å². The van der Waals surface area contributed by atoms with Crippen LogP contribution < -0.4 is 10.1 Å². The second kappa shape index (κ2) is 9.80. The molecule has 7 nitrogen and oxygen atoms in total. The number of aldehydes is 1. The van der Waals surface area contributed by atoms with Gasteiger partial charge in [-0.1, -0.05) is 6.07 Å². The molecule has 1 aromatic carbocycles. The van der Waals surface area contributed by atoms with Crippen LogP contribution in [0.25, 0.3) is 0 Å². The number of amides is 1. The fraction of sp³-hybridized carbons (Fsp3) is 0.250. The van der Waals surface area contributed by atoms with Crippen molar-refractivity contribution in [1.82, 2.24) is 5.32 Å². The van der Waals surface area contributed by atoms with Gasteiger partial charge in [0.25, 0.3) is 5.91 Å². The number of nitrogens with one attached hydrogen (secondary N) is 1. The van der Waals surface area contributed by atoms with E-state index in [0.717, 1.165) is 17.6 Å². The summed E-state index contributed by atoms with van der Waals surface area (Å²) in [5.41, 5.74) is -0.171. The lowest BCUT2D eigenvalue weighted by atomic mass is 10.2. The van der Waals surface area contributed by atoms with Gasteiger partial charge in [-0.15, -0.1) is 11.3 Å². The standard InChI is InChI=1S/C16H16N2O5S2/c19-9-12-3-4-15(14(8-12)18(21)22)23-10-16(20)17-5-7-24-11-13-2-1-6-25-13/h1-4,6,8-9H,5,7,10-11H2,(H,17,20). The van der Waals surface area contributed by atoms with E-state index in [-0.39, 0.29) is 29.5 Å². The van der Waals surface area contributed by atoms with Gasteiger partial charge in [0.15, 0.2) is 12.4 Å². The number of carbonyl (C=O) groups excluding carboxylic acids is 2. The number of nitro benzene ring substituents is 1. The number of hydrogen-bond acceptors (Lipinski definition) is 7. The molecule has 1 heterocycles. The lowest BCUT2D eigenvalue weighted by Crippen LogP contribution is -2.30. The van der Waals surface area contributed by atoms with Crippen molar-refractivity contribution in [2.75, 3.05) is 18.9 Å². The van der Waals surface area contributed by atoms with Crippen molar-refractivity contribution >= 4 is 41.0 Å². The molecule has 0 bridgehead atoms. The van der Waals surface area contributed by atoms with Crippen molar-refractivity contribution in [2.24, 2.45) is 0 Å². The molecule has 0 aliphatic rings. The van der Waals surface area contributed by atoms with E-state index in [2.05, 4.69) is 11.4 Å². The van der Waals surface area contributed by atoms with E-state index in [1.54, 1.807) is 23.1 Å². The van der Waals surface area contributed by atoms with Gasteiger partial charge in [-0.05, 0) is 23.6 Å². The van der Waals surface area contributed by atoms with Gasteiger partial charge in [0.1, 0.15) is 6.29 Å². The van der Waals surface area contributed by atoms with Gasteiger partial charge in [0.05, 0.1) is 4.92 Å². The third-order valence-corrected chi connectivity index (χ3v) is 5.13. The summed E-state index contributed by atoms with van der Waals surface area (Å²) < 4.78 is 5.20. The Bertz CT molecular complexity index is 734. The van der Waals surface area contributed by atoms with Crippen LogP contribution in [-0.2, 0) is 10.5 Å². The van der Waals surface area contributed by atoms with Crippen LogP contribution in [0.5, 0.6) is 5.75 Å². The smallest absolute Gasteiger partial charge is 0.311 e. The predicted molar refractivity (Wildman–Crippen MR) is 97.5 cm³/mol. The summed E-state index contributed by atoms with van der Waals surface area (Å²) in [6.07, 6.45) is 0.511. The fourth-order valence-corrected chi connectivity index (χ4v) is 3.60. The Labute approximate surface area is 152 Å². The number of rotatable bonds is 10. The average Bonchev–Trinajstić information content (AvgIpc) is 3.12. The summed E-state index contributed by atoms with van der Waals surface area (Å²) in [5.74, 6) is 1.26. The number of carbonyl (C=O) groups is 2. The van der Waals surface area contributed by atoms with Crippen LogP contribution in [0.15, 0.2) is 35.7 Å². The molecule has 9 heteroatoms. The molecule has 2 aromatic rings. The second-order valence-corrected chi connectivity index (χ2v) is 7.01. The zero-order valence-electron chi connectivity index (χ0n) is 13.2. The molecule has 1 aromatic heterocycles. The van der Waals surface area contributed by atoms with E-state index in [9.17, 15) is 19.7 Å². The maximum Gasteiger partial charge on any atom is 0.311 e. The van der Waals surface area contributed by atoms with Crippen LogP contribution in [0.1, 0.15) is 15.2 Å². The molecule has 0 spiro atoms. The molecule has 0 unspecified atom stereocenters. The van der Waals surface area contributed by atoms with Gasteiger partial charge >= 0.3 is 5.69 Å². The first kappa shape index (κ1) is 18.9. The predicted octanol–water partition coefficient (Wildman–Crippen LogP) is 2.90. The largest absolute Gasteiger partial charge is 0.477 e. The number of thiophene rings is 1. The highest BCUT2D eigenvalue weighted by molar-refractivity contribution is 7.98. The Morgan fingerprint density at radius 2 is 2.24 bits per heavy atom. The Morgan fingerprint density at radius 3 is 2.92 bits per heavy atom. The monoisotopic (exact) mass is 380 g/mol. The maximum atomic E-state index is 11.7. The quantitative estimate of drug-likeness (QED) is 0.294. The van der Waals surface area contributed by atoms with Crippen molar-refractivity contribution < 1.29 is 19.2 Å². The zero-order chi connectivity index (χ0) is 18.1. The molecule has 0 saturated carbocycles. The second-order valence-electron chi connectivity index (χ2n) is 4.87. The summed E-state index contributed by atoms with van der Waals surface area (Å²) in [6.45, 7) is 0.168. The molecular formula is C16H16N2O5S2. The van der Waals surface area contributed by atoms with E-state index < -0.39 is 4.92 Å². The number of hydrogen-bond donors (Lipinski definition) is 1. The van der Waals surface area contributed by atoms with Crippen molar-refractivity contribution in [3.63, 3.8) is 0 Å². The van der Waals surface area contributed by atoms with Crippen molar-refractivity contribution in [3.8, 4) is 5.75 Å². The lowest BCUT2D eigenvalue weighted by molar-refractivity contribution is -0.385. The van der Waals surface area contributed by atoms with Gasteiger partial charge in [-0.2, -0.15) is 11.8 Å². The Morgan fingerprint density at radius 1 is 1.40 bits per heavy atom. The summed E-state index contributed by atoms with van der Waals surface area (Å²) in [4.78, 5) is 34.0. The molecule has 1 N–H and O–H groups in total. The van der Waals surface area contributed by atoms with Crippen LogP contribution in [0.4, 0.5) is 5.69 Å². The highest BCUT2D eigenvalue weighted by Gasteiger charge is 2.17. The van der Waals surface area contributed by atoms with Crippen LogP contribution in [-0.4, -0.2) is 36.0 Å². The first-order valence-electron chi connectivity index (χ1n) is 7.33. The molecule has 1 amide bonds. The Balaban J connectivity index is 1.72. The molecule has 2 rings (SSSR count). The molecule has 0 aliphatic carbocycles. The maximum absolute atomic E-state index is 11.7. The van der Waals surface area contributed by atoms with Crippen LogP contribution in [0.3, 0.4) is 0 Å². The minimum atomic E-state index is -0.651. The van der Waals surface area contributed by atoms with Gasteiger partial charge in [-0.25, -0.2) is 0 Å². The molecule has 0 fully saturated rings. The van der Waals surface area contributed by atoms with E-state index in [4.69, 9.17) is 4.74 Å². The highest BCUT2D eigenvalue weighted by atomic mass is 32.2. The van der Waals surface area contributed by atoms with E-state index >= 15 is 0 Å². The Kier molecular flexibility index (Phi) is 7.42. The van der Waals surface area contributed by atoms with E-state index in [1.165, 1.54) is 17.0 Å². The SMILES string of the molecule is O=Cc1ccc(OCC(=O)NCCSCc2cccs2)c([N+](=O)[O-])c1. The molecule has 0 atom stereocenters. The number of benzene rings is 1. The highest BCUT2D eigenvalue weighted by Crippen LogP contribution is 2.27. The first-order valence-corrected chi connectivity index (χ1v) is 9.37. The van der Waals surface area contributed by atoms with E-state index in [1.807, 2.05) is 11.4 Å². The average molecular weight is 380 g/mol. The molecule has 0 saturated heterocycles. The van der Waals surface area contributed by atoms with Crippen LogP contribution in [0, 0.1) is 10.1 Å². The minimum absolute atomic E-state index is 0.0437. The zero-order valence-corrected chi connectivity index (χ0v) is 14.8. The number of thioether (sulfide) groups is 1. The topological polar surface area (TPSA) is 98.5 Å². The van der Waals surface area contributed by atoms with Crippen molar-refractivity contribution in [1.29, 1.82) is 0 Å². The number of nitrogens with zero attached hydrogens (tertiary/aromatic N) is 1. The molecular weight excluding hydrogens is 364 g/mol. The van der Waals surface area contributed by atoms with Gasteiger partial charge < -0.3 is 10.1 Å². The summed E-state index contributed by atoms with van der Waals surface area (Å²) in [6, 6.07) is 7.88. The number of nitro groups is 1. The summed E-state index contributed by atoms with van der Waals surface area (Å²) in [5, 5.41) is 15.7. The molecule has 0 radical (unpaired) electrons. The minimum Gasteiger partial charge on any atom is -0.477 e.